The quantitative estimate of drug-likeness (QED) is 0.147. The van der Waals surface area contributed by atoms with Gasteiger partial charge in [-0.2, -0.15) is 8.42 Å². The average Bonchev–Trinajstić information content (AvgIpc) is 3.03. The lowest BCUT2D eigenvalue weighted by molar-refractivity contribution is 0.482. The lowest BCUT2D eigenvalue weighted by Crippen LogP contribution is -2.01. The summed E-state index contributed by atoms with van der Waals surface area (Å²) in [6, 6.07) is 38.1. The summed E-state index contributed by atoms with van der Waals surface area (Å²) in [6.45, 7) is 5.79. The summed E-state index contributed by atoms with van der Waals surface area (Å²) < 4.78 is 32.6. The molecule has 47 heavy (non-hydrogen) atoms. The van der Waals surface area contributed by atoms with Crippen LogP contribution in [0.2, 0.25) is 0 Å². The highest BCUT2D eigenvalue weighted by atomic mass is 32.2. The molecule has 0 bridgehead atoms. The zero-order chi connectivity index (χ0) is 33.0. The van der Waals surface area contributed by atoms with Crippen LogP contribution >= 0.6 is 0 Å². The van der Waals surface area contributed by atoms with Crippen molar-refractivity contribution in [1.82, 2.24) is 0 Å². The van der Waals surface area contributed by atoms with Gasteiger partial charge in [0.2, 0.25) is 0 Å². The molecule has 0 atom stereocenters. The maximum atomic E-state index is 11.6. The van der Waals surface area contributed by atoms with E-state index in [0.29, 0.717) is 11.3 Å². The SMILES string of the molecule is Cc1cccc(Nc2ccc(C(=C3C=CC(=Nc4ccc(S(=O)(=O)O)c(C)c4)C=C3)c3ccc(Nc4cccc(C)c4)cc3)cc2)c1. The van der Waals surface area contributed by atoms with Crippen LogP contribution in [-0.2, 0) is 10.1 Å². The van der Waals surface area contributed by atoms with Crippen LogP contribution in [0.1, 0.15) is 27.8 Å². The average molecular weight is 638 g/mol. The molecule has 5 aromatic rings. The number of anilines is 4. The zero-order valence-electron chi connectivity index (χ0n) is 26.4. The lowest BCUT2D eigenvalue weighted by Gasteiger charge is -2.16. The first-order valence-electron chi connectivity index (χ1n) is 15.3. The summed E-state index contributed by atoms with van der Waals surface area (Å²) in [5.74, 6) is 0. The molecular formula is C40H35N3O3S. The molecule has 5 aromatic carbocycles. The van der Waals surface area contributed by atoms with Crippen molar-refractivity contribution >= 4 is 49.8 Å². The summed E-state index contributed by atoms with van der Waals surface area (Å²) in [5, 5.41) is 6.99. The van der Waals surface area contributed by atoms with Crippen LogP contribution in [0, 0.1) is 20.8 Å². The van der Waals surface area contributed by atoms with Gasteiger partial charge in [0.15, 0.2) is 0 Å². The number of nitrogens with one attached hydrogen (secondary N) is 2. The minimum absolute atomic E-state index is 0.119. The second-order valence-corrected chi connectivity index (χ2v) is 13.0. The summed E-state index contributed by atoms with van der Waals surface area (Å²) >= 11 is 0. The zero-order valence-corrected chi connectivity index (χ0v) is 27.2. The molecule has 1 aliphatic carbocycles. The second-order valence-electron chi connectivity index (χ2n) is 11.6. The van der Waals surface area contributed by atoms with Gasteiger partial charge in [-0.05, 0) is 139 Å². The van der Waals surface area contributed by atoms with Gasteiger partial charge < -0.3 is 10.6 Å². The first-order valence-corrected chi connectivity index (χ1v) is 16.7. The lowest BCUT2D eigenvalue weighted by atomic mass is 9.90. The normalized spacial score (nSPS) is 12.6. The molecule has 6 nitrogen and oxygen atoms in total. The third kappa shape index (κ3) is 7.84. The van der Waals surface area contributed by atoms with Crippen molar-refractivity contribution in [3.05, 3.63) is 173 Å². The van der Waals surface area contributed by atoms with Crippen molar-refractivity contribution in [1.29, 1.82) is 0 Å². The van der Waals surface area contributed by atoms with E-state index in [2.05, 4.69) is 114 Å². The van der Waals surface area contributed by atoms with Crippen LogP contribution in [0.25, 0.3) is 5.57 Å². The highest BCUT2D eigenvalue weighted by Crippen LogP contribution is 2.33. The van der Waals surface area contributed by atoms with Crippen molar-refractivity contribution in [3.63, 3.8) is 0 Å². The minimum atomic E-state index is -4.28. The number of aryl methyl sites for hydroxylation is 3. The second kappa shape index (κ2) is 13.5. The predicted molar refractivity (Wildman–Crippen MR) is 194 cm³/mol. The molecule has 0 saturated heterocycles. The van der Waals surface area contributed by atoms with E-state index in [-0.39, 0.29) is 4.90 Å². The fraction of sp³-hybridized carbons (Fsp3) is 0.0750. The molecule has 0 heterocycles. The number of hydrogen-bond acceptors (Lipinski definition) is 5. The van der Waals surface area contributed by atoms with Crippen LogP contribution in [-0.4, -0.2) is 18.7 Å². The van der Waals surface area contributed by atoms with Gasteiger partial charge in [0, 0.05) is 22.7 Å². The predicted octanol–water partition coefficient (Wildman–Crippen LogP) is 10.0. The Kier molecular flexibility index (Phi) is 9.02. The fourth-order valence-corrected chi connectivity index (χ4v) is 6.27. The van der Waals surface area contributed by atoms with Gasteiger partial charge in [0.1, 0.15) is 0 Å². The Morgan fingerprint density at radius 2 is 1.11 bits per heavy atom. The first-order chi connectivity index (χ1) is 22.6. The number of allylic oxidation sites excluding steroid dienone is 5. The minimum Gasteiger partial charge on any atom is -0.356 e. The largest absolute Gasteiger partial charge is 0.356 e. The topological polar surface area (TPSA) is 90.8 Å². The fourth-order valence-electron chi connectivity index (χ4n) is 5.56. The van der Waals surface area contributed by atoms with Crippen LogP contribution in [0.4, 0.5) is 28.4 Å². The van der Waals surface area contributed by atoms with E-state index in [1.54, 1.807) is 19.1 Å². The highest BCUT2D eigenvalue weighted by Gasteiger charge is 2.14. The summed E-state index contributed by atoms with van der Waals surface area (Å²) in [6.07, 6.45) is 7.99. The van der Waals surface area contributed by atoms with Gasteiger partial charge >= 0.3 is 0 Å². The highest BCUT2D eigenvalue weighted by molar-refractivity contribution is 7.85. The van der Waals surface area contributed by atoms with Gasteiger partial charge in [-0.1, -0.05) is 60.7 Å². The molecule has 6 rings (SSSR count). The van der Waals surface area contributed by atoms with Crippen molar-refractivity contribution in [2.45, 2.75) is 25.7 Å². The monoisotopic (exact) mass is 637 g/mol. The Morgan fingerprint density at radius 1 is 0.596 bits per heavy atom. The smallest absolute Gasteiger partial charge is 0.294 e. The van der Waals surface area contributed by atoms with Gasteiger partial charge in [-0.3, -0.25) is 4.55 Å². The molecule has 7 heteroatoms. The molecule has 0 fully saturated rings. The van der Waals surface area contributed by atoms with E-state index in [9.17, 15) is 13.0 Å². The molecular weight excluding hydrogens is 603 g/mol. The Hall–Kier alpha value is -5.50. The van der Waals surface area contributed by atoms with Crippen molar-refractivity contribution in [2.24, 2.45) is 4.99 Å². The van der Waals surface area contributed by atoms with Gasteiger partial charge in [-0.25, -0.2) is 4.99 Å². The third-order valence-corrected chi connectivity index (χ3v) is 8.83. The Bertz CT molecular complexity index is 2070. The van der Waals surface area contributed by atoms with E-state index in [1.807, 2.05) is 36.4 Å². The molecule has 0 aromatic heterocycles. The van der Waals surface area contributed by atoms with E-state index < -0.39 is 10.1 Å². The summed E-state index contributed by atoms with van der Waals surface area (Å²) in [4.78, 5) is 4.56. The number of aliphatic imine (C=N–C) groups is 1. The van der Waals surface area contributed by atoms with Crippen LogP contribution in [0.15, 0.2) is 155 Å². The molecule has 0 spiro atoms. The third-order valence-electron chi connectivity index (χ3n) is 7.81. The molecule has 0 aliphatic heterocycles. The first kappa shape index (κ1) is 31.5. The van der Waals surface area contributed by atoms with E-state index in [0.717, 1.165) is 50.7 Å². The van der Waals surface area contributed by atoms with Gasteiger partial charge in [-0.15, -0.1) is 0 Å². The number of rotatable bonds is 8. The van der Waals surface area contributed by atoms with Crippen LogP contribution in [0.3, 0.4) is 0 Å². The summed E-state index contributed by atoms with van der Waals surface area (Å²) in [7, 11) is -4.28. The van der Waals surface area contributed by atoms with Crippen LogP contribution in [0.5, 0.6) is 0 Å². The van der Waals surface area contributed by atoms with Gasteiger partial charge in [0.25, 0.3) is 10.1 Å². The molecule has 0 unspecified atom stereocenters. The maximum absolute atomic E-state index is 11.6. The Balaban J connectivity index is 1.32. The molecule has 0 amide bonds. The number of benzene rings is 5. The molecule has 1 aliphatic rings. The van der Waals surface area contributed by atoms with Crippen molar-refractivity contribution in [2.75, 3.05) is 10.6 Å². The number of hydrogen-bond donors (Lipinski definition) is 3. The molecule has 0 radical (unpaired) electrons. The van der Waals surface area contributed by atoms with Crippen molar-refractivity contribution < 1.29 is 13.0 Å². The Labute approximate surface area is 276 Å². The van der Waals surface area contributed by atoms with Crippen LogP contribution < -0.4 is 10.6 Å². The van der Waals surface area contributed by atoms with E-state index >= 15 is 0 Å². The summed E-state index contributed by atoms with van der Waals surface area (Å²) in [5.41, 5.74) is 12.5. The van der Waals surface area contributed by atoms with E-state index in [4.69, 9.17) is 0 Å². The van der Waals surface area contributed by atoms with Crippen molar-refractivity contribution in [3.8, 4) is 0 Å². The number of nitrogens with zero attached hydrogens (tertiary/aromatic N) is 1. The van der Waals surface area contributed by atoms with Gasteiger partial charge in [0.05, 0.1) is 16.3 Å². The molecule has 3 N–H and O–H groups in total. The molecule has 0 saturated carbocycles. The standard InChI is InChI=1S/C40H35N3O3S/c1-27-6-4-8-36(24-27)41-33-16-10-30(11-17-33)40(31-12-18-34(19-13-31)42-37-9-5-7-28(2)25-37)32-14-20-35(21-15-32)43-38-22-23-39(29(3)26-38)47(44,45)46/h4-26,41-42H,1-3H3,(H,44,45,46). The maximum Gasteiger partial charge on any atom is 0.294 e. The van der Waals surface area contributed by atoms with E-state index in [1.165, 1.54) is 17.2 Å². The Morgan fingerprint density at radius 3 is 1.55 bits per heavy atom. The molecule has 234 valence electrons.